The molecule has 1 N–H and O–H groups in total. The molecule has 2 atom stereocenters. The first kappa shape index (κ1) is 15.3. The van der Waals surface area contributed by atoms with E-state index in [1.54, 1.807) is 0 Å². The van der Waals surface area contributed by atoms with Gasteiger partial charge >= 0.3 is 6.09 Å². The van der Waals surface area contributed by atoms with Crippen LogP contribution in [0.5, 0.6) is 0 Å². The zero-order valence-electron chi connectivity index (χ0n) is 11.8. The highest BCUT2D eigenvalue weighted by Crippen LogP contribution is 2.19. The zero-order chi connectivity index (χ0) is 13.6. The van der Waals surface area contributed by atoms with Crippen LogP contribution in [0, 0.1) is 12.8 Å². The molecule has 1 radical (unpaired) electrons. The van der Waals surface area contributed by atoms with Crippen molar-refractivity contribution in [1.29, 1.82) is 0 Å². The maximum absolute atomic E-state index is 11.6. The van der Waals surface area contributed by atoms with Gasteiger partial charge in [0.2, 0.25) is 0 Å². The molecule has 4 heteroatoms. The molecule has 1 saturated heterocycles. The van der Waals surface area contributed by atoms with Gasteiger partial charge in [-0.3, -0.25) is 0 Å². The van der Waals surface area contributed by atoms with Crippen LogP contribution in [0.2, 0.25) is 0 Å². The number of hydrogen-bond donors (Lipinski definition) is 1. The van der Waals surface area contributed by atoms with E-state index in [0.29, 0.717) is 5.92 Å². The number of nitrogens with one attached hydrogen (secondary N) is 1. The van der Waals surface area contributed by atoms with Crippen molar-refractivity contribution in [1.82, 2.24) is 5.32 Å². The van der Waals surface area contributed by atoms with Crippen molar-refractivity contribution in [2.75, 3.05) is 13.2 Å². The molecule has 0 aliphatic carbocycles. The molecule has 1 heterocycles. The fraction of sp³-hybridized carbons (Fsp3) is 0.857. The lowest BCUT2D eigenvalue weighted by Crippen LogP contribution is -2.39. The number of amides is 1. The Bertz CT molecular complexity index is 252. The summed E-state index contributed by atoms with van der Waals surface area (Å²) in [4.78, 5) is 11.6. The molecule has 1 amide bonds. The highest BCUT2D eigenvalue weighted by Gasteiger charge is 2.20. The lowest BCUT2D eigenvalue weighted by atomic mass is 9.96. The van der Waals surface area contributed by atoms with Crippen LogP contribution in [0.15, 0.2) is 0 Å². The Morgan fingerprint density at radius 2 is 2.22 bits per heavy atom. The molecule has 0 saturated carbocycles. The fourth-order valence-electron chi connectivity index (χ4n) is 2.09. The third-order valence-electron chi connectivity index (χ3n) is 2.84. The summed E-state index contributed by atoms with van der Waals surface area (Å²) in [6, 6.07) is -0.119. The van der Waals surface area contributed by atoms with Crippen molar-refractivity contribution < 1.29 is 14.3 Å². The third kappa shape index (κ3) is 6.84. The van der Waals surface area contributed by atoms with Crippen LogP contribution >= 0.6 is 0 Å². The van der Waals surface area contributed by atoms with Crippen molar-refractivity contribution in [2.24, 2.45) is 5.92 Å². The van der Waals surface area contributed by atoms with Gasteiger partial charge in [-0.2, -0.15) is 0 Å². The van der Waals surface area contributed by atoms with E-state index >= 15 is 0 Å². The lowest BCUT2D eigenvalue weighted by molar-refractivity contribution is 0.0500. The van der Waals surface area contributed by atoms with Gasteiger partial charge in [0.05, 0.1) is 0 Å². The summed E-state index contributed by atoms with van der Waals surface area (Å²) in [6.07, 6.45) is 3.94. The first-order valence-electron chi connectivity index (χ1n) is 6.77. The van der Waals surface area contributed by atoms with E-state index in [-0.39, 0.29) is 6.04 Å². The van der Waals surface area contributed by atoms with Gasteiger partial charge in [-0.25, -0.2) is 4.79 Å². The van der Waals surface area contributed by atoms with E-state index in [2.05, 4.69) is 12.2 Å². The molecule has 18 heavy (non-hydrogen) atoms. The summed E-state index contributed by atoms with van der Waals surface area (Å²) in [6.45, 7) is 11.2. The van der Waals surface area contributed by atoms with E-state index in [0.717, 1.165) is 32.5 Å². The average molecular weight is 256 g/mol. The molecule has 0 spiro atoms. The van der Waals surface area contributed by atoms with Crippen LogP contribution in [0.3, 0.4) is 0 Å². The van der Waals surface area contributed by atoms with Crippen LogP contribution < -0.4 is 5.32 Å². The van der Waals surface area contributed by atoms with Crippen molar-refractivity contribution in [2.45, 2.75) is 58.1 Å². The Balaban J connectivity index is 2.27. The van der Waals surface area contributed by atoms with Crippen LogP contribution in [-0.4, -0.2) is 30.9 Å². The summed E-state index contributed by atoms with van der Waals surface area (Å²) in [5.41, 5.74) is -0.463. The molecule has 105 valence electrons. The maximum atomic E-state index is 11.6. The van der Waals surface area contributed by atoms with Crippen LogP contribution in [0.1, 0.15) is 46.5 Å². The molecular weight excluding hydrogens is 230 g/mol. The van der Waals surface area contributed by atoms with Gasteiger partial charge in [-0.15, -0.1) is 0 Å². The molecule has 0 aromatic rings. The van der Waals surface area contributed by atoms with Gasteiger partial charge < -0.3 is 14.8 Å². The monoisotopic (exact) mass is 256 g/mol. The predicted octanol–water partition coefficient (Wildman–Crippen LogP) is 2.92. The molecule has 0 bridgehead atoms. The molecular formula is C14H26NO3. The second-order valence-electron chi connectivity index (χ2n) is 6.02. The van der Waals surface area contributed by atoms with Gasteiger partial charge in [0.25, 0.3) is 0 Å². The van der Waals surface area contributed by atoms with Gasteiger partial charge in [0, 0.05) is 19.3 Å². The smallest absolute Gasteiger partial charge is 0.407 e. The normalized spacial score (nSPS) is 23.0. The third-order valence-corrected chi connectivity index (χ3v) is 2.84. The van der Waals surface area contributed by atoms with E-state index in [4.69, 9.17) is 9.47 Å². The Labute approximate surface area is 110 Å². The molecule has 0 unspecified atom stereocenters. The first-order valence-corrected chi connectivity index (χ1v) is 6.77. The number of carbonyl (C=O) groups is 1. The lowest BCUT2D eigenvalue weighted by Gasteiger charge is -2.23. The zero-order valence-corrected chi connectivity index (χ0v) is 11.8. The molecule has 1 fully saturated rings. The second-order valence-corrected chi connectivity index (χ2v) is 6.02. The molecule has 0 aromatic heterocycles. The number of rotatable bonds is 3. The van der Waals surface area contributed by atoms with Crippen LogP contribution in [0.4, 0.5) is 4.79 Å². The van der Waals surface area contributed by atoms with Gasteiger partial charge in [-0.1, -0.05) is 6.42 Å². The van der Waals surface area contributed by atoms with Gasteiger partial charge in [0.1, 0.15) is 5.60 Å². The molecule has 4 nitrogen and oxygen atoms in total. The maximum Gasteiger partial charge on any atom is 0.407 e. The topological polar surface area (TPSA) is 47.6 Å². The Morgan fingerprint density at radius 3 is 2.89 bits per heavy atom. The number of ether oxygens (including phenoxy) is 2. The minimum Gasteiger partial charge on any atom is -0.444 e. The largest absolute Gasteiger partial charge is 0.444 e. The highest BCUT2D eigenvalue weighted by molar-refractivity contribution is 5.68. The van der Waals surface area contributed by atoms with E-state index in [9.17, 15) is 4.79 Å². The number of carbonyl (C=O) groups excluding carboxylic acids is 1. The predicted molar refractivity (Wildman–Crippen MR) is 71.3 cm³/mol. The number of alkyl carbamates (subject to hydrolysis) is 1. The summed E-state index contributed by atoms with van der Waals surface area (Å²) >= 11 is 0. The van der Waals surface area contributed by atoms with E-state index in [1.165, 1.54) is 6.42 Å². The van der Waals surface area contributed by atoms with Gasteiger partial charge in [0.15, 0.2) is 0 Å². The quantitative estimate of drug-likeness (QED) is 0.844. The van der Waals surface area contributed by atoms with Gasteiger partial charge in [-0.05, 0) is 52.9 Å². The van der Waals surface area contributed by atoms with Crippen LogP contribution in [0.25, 0.3) is 0 Å². The Hall–Kier alpha value is -0.770. The first-order chi connectivity index (χ1) is 8.37. The minimum absolute atomic E-state index is 0.119. The average Bonchev–Trinajstić information content (AvgIpc) is 2.42. The molecule has 0 aromatic carbocycles. The van der Waals surface area contributed by atoms with E-state index < -0.39 is 11.7 Å². The van der Waals surface area contributed by atoms with Crippen molar-refractivity contribution in [3.8, 4) is 0 Å². The summed E-state index contributed by atoms with van der Waals surface area (Å²) in [5.74, 6) is 0.491. The SMILES string of the molecule is [CH2][C@@H](C[C@H]1CCCCOC1)NC(=O)OC(C)(C)C. The molecule has 1 aliphatic rings. The summed E-state index contributed by atoms with van der Waals surface area (Å²) in [5, 5.41) is 2.78. The van der Waals surface area contributed by atoms with Crippen molar-refractivity contribution in [3.05, 3.63) is 6.92 Å². The van der Waals surface area contributed by atoms with Crippen LogP contribution in [-0.2, 0) is 9.47 Å². The fourth-order valence-corrected chi connectivity index (χ4v) is 2.09. The van der Waals surface area contributed by atoms with Crippen molar-refractivity contribution >= 4 is 6.09 Å². The Morgan fingerprint density at radius 1 is 1.50 bits per heavy atom. The molecule has 1 aliphatic heterocycles. The number of hydrogen-bond acceptors (Lipinski definition) is 3. The summed E-state index contributed by atoms with van der Waals surface area (Å²) in [7, 11) is 0. The summed E-state index contributed by atoms with van der Waals surface area (Å²) < 4.78 is 10.7. The highest BCUT2D eigenvalue weighted by atomic mass is 16.6. The molecule has 1 rings (SSSR count). The Kier molecular flexibility index (Phi) is 5.93. The minimum atomic E-state index is -0.463. The van der Waals surface area contributed by atoms with Crippen molar-refractivity contribution in [3.63, 3.8) is 0 Å². The van der Waals surface area contributed by atoms with E-state index in [1.807, 2.05) is 20.8 Å². The second kappa shape index (κ2) is 6.98. The standard InChI is InChI=1S/C14H26NO3/c1-11(15-13(16)18-14(2,3)4)9-12-7-5-6-8-17-10-12/h11-12H,1,5-10H2,2-4H3,(H,15,16)/t11-,12+/m0/s1.